The molecule has 0 amide bonds. The summed E-state index contributed by atoms with van der Waals surface area (Å²) in [7, 11) is 6.81. The molecular formula is C22H37NO4. The summed E-state index contributed by atoms with van der Waals surface area (Å²) in [5, 5.41) is 0. The molecule has 1 saturated carbocycles. The standard InChI is InChI=1S/C11H21NO.C11H16O3/c1-13-11-7-8-12(9-11)10-5-3-2-4-6-10;1-12-7-6-9-4-5-10(13-2)11(8-9)14-3/h10-11H,2-9H2,1H3;4-5,8H,6-7H2,1-3H3/t11-;/m0./s1. The van der Waals surface area contributed by atoms with Crippen molar-refractivity contribution in [1.82, 2.24) is 4.90 Å². The van der Waals surface area contributed by atoms with Crippen LogP contribution in [0.2, 0.25) is 0 Å². The molecule has 2 fully saturated rings. The molecule has 3 rings (SSSR count). The van der Waals surface area contributed by atoms with Gasteiger partial charge in [0.25, 0.3) is 0 Å². The van der Waals surface area contributed by atoms with Crippen molar-refractivity contribution in [2.75, 3.05) is 48.1 Å². The topological polar surface area (TPSA) is 40.2 Å². The fourth-order valence-corrected chi connectivity index (χ4v) is 3.98. The Morgan fingerprint density at radius 2 is 1.67 bits per heavy atom. The highest BCUT2D eigenvalue weighted by Gasteiger charge is 2.28. The Morgan fingerprint density at radius 1 is 0.926 bits per heavy atom. The molecule has 1 aromatic carbocycles. The molecule has 1 heterocycles. The number of methoxy groups -OCH3 is 4. The van der Waals surface area contributed by atoms with Crippen LogP contribution in [0.25, 0.3) is 0 Å². The van der Waals surface area contributed by atoms with Crippen LogP contribution >= 0.6 is 0 Å². The lowest BCUT2D eigenvalue weighted by Crippen LogP contribution is -2.35. The average molecular weight is 380 g/mol. The maximum absolute atomic E-state index is 5.39. The van der Waals surface area contributed by atoms with Gasteiger partial charge < -0.3 is 18.9 Å². The summed E-state index contributed by atoms with van der Waals surface area (Å²) >= 11 is 0. The first kappa shape index (κ1) is 22.0. The SMILES string of the molecule is COCCc1ccc(OC)c(OC)c1.CO[C@H]1CCN(C2CCCCC2)C1. The third kappa shape index (κ3) is 6.98. The van der Waals surface area contributed by atoms with Crippen LogP contribution in [-0.4, -0.2) is 65.2 Å². The largest absolute Gasteiger partial charge is 0.493 e. The molecule has 1 aliphatic carbocycles. The fraction of sp³-hybridized carbons (Fsp3) is 0.727. The molecule has 0 radical (unpaired) electrons. The Balaban J connectivity index is 0.000000194. The molecule has 27 heavy (non-hydrogen) atoms. The average Bonchev–Trinajstić information content (AvgIpc) is 3.22. The first-order valence-electron chi connectivity index (χ1n) is 10.2. The molecule has 5 nitrogen and oxygen atoms in total. The van der Waals surface area contributed by atoms with Gasteiger partial charge in [0.2, 0.25) is 0 Å². The van der Waals surface area contributed by atoms with Gasteiger partial charge in [-0.15, -0.1) is 0 Å². The Hall–Kier alpha value is -1.30. The molecule has 1 saturated heterocycles. The summed E-state index contributed by atoms with van der Waals surface area (Å²) in [6.45, 7) is 3.17. The van der Waals surface area contributed by atoms with Crippen molar-refractivity contribution < 1.29 is 18.9 Å². The second-order valence-corrected chi connectivity index (χ2v) is 7.37. The van der Waals surface area contributed by atoms with Gasteiger partial charge >= 0.3 is 0 Å². The summed E-state index contributed by atoms with van der Waals surface area (Å²) in [6.07, 6.45) is 9.84. The molecule has 0 N–H and O–H groups in total. The van der Waals surface area contributed by atoms with Crippen molar-refractivity contribution in [2.24, 2.45) is 0 Å². The molecular weight excluding hydrogens is 342 g/mol. The highest BCUT2D eigenvalue weighted by Crippen LogP contribution is 2.28. The van der Waals surface area contributed by atoms with E-state index in [-0.39, 0.29) is 0 Å². The zero-order valence-corrected chi connectivity index (χ0v) is 17.5. The molecule has 0 bridgehead atoms. The number of nitrogens with zero attached hydrogens (tertiary/aromatic N) is 1. The predicted octanol–water partition coefficient (Wildman–Crippen LogP) is 3.93. The highest BCUT2D eigenvalue weighted by atomic mass is 16.5. The van der Waals surface area contributed by atoms with E-state index < -0.39 is 0 Å². The van der Waals surface area contributed by atoms with Gasteiger partial charge in [-0.3, -0.25) is 4.90 Å². The summed E-state index contributed by atoms with van der Waals surface area (Å²) in [5.74, 6) is 1.52. The first-order chi connectivity index (χ1) is 13.2. The zero-order chi connectivity index (χ0) is 19.5. The minimum atomic E-state index is 0.516. The fourth-order valence-electron chi connectivity index (χ4n) is 3.98. The van der Waals surface area contributed by atoms with E-state index in [0.29, 0.717) is 6.10 Å². The molecule has 1 aliphatic heterocycles. The van der Waals surface area contributed by atoms with Crippen molar-refractivity contribution in [2.45, 2.75) is 57.1 Å². The van der Waals surface area contributed by atoms with E-state index >= 15 is 0 Å². The number of ether oxygens (including phenoxy) is 4. The quantitative estimate of drug-likeness (QED) is 0.718. The lowest BCUT2D eigenvalue weighted by atomic mass is 9.94. The molecule has 0 unspecified atom stereocenters. The van der Waals surface area contributed by atoms with Crippen LogP contribution in [0.1, 0.15) is 44.1 Å². The molecule has 0 spiro atoms. The molecule has 1 atom stereocenters. The van der Waals surface area contributed by atoms with Crippen LogP contribution in [0.4, 0.5) is 0 Å². The Bertz CT molecular complexity index is 531. The van der Waals surface area contributed by atoms with Gasteiger partial charge in [-0.25, -0.2) is 0 Å². The molecule has 2 aliphatic rings. The van der Waals surface area contributed by atoms with Gasteiger partial charge in [0.15, 0.2) is 11.5 Å². The van der Waals surface area contributed by atoms with Gasteiger partial charge in [-0.2, -0.15) is 0 Å². The second kappa shape index (κ2) is 12.2. The maximum Gasteiger partial charge on any atom is 0.160 e. The van der Waals surface area contributed by atoms with Crippen LogP contribution < -0.4 is 9.47 Å². The van der Waals surface area contributed by atoms with Crippen molar-refractivity contribution in [3.8, 4) is 11.5 Å². The van der Waals surface area contributed by atoms with Crippen LogP contribution in [0, 0.1) is 0 Å². The maximum atomic E-state index is 5.39. The number of rotatable bonds is 7. The number of hydrogen-bond acceptors (Lipinski definition) is 5. The Morgan fingerprint density at radius 3 is 2.26 bits per heavy atom. The monoisotopic (exact) mass is 379 g/mol. The summed E-state index contributed by atoms with van der Waals surface area (Å²) in [4.78, 5) is 2.65. The number of benzene rings is 1. The van der Waals surface area contributed by atoms with E-state index in [0.717, 1.165) is 30.6 Å². The smallest absolute Gasteiger partial charge is 0.160 e. The molecule has 5 heteroatoms. The molecule has 0 aromatic heterocycles. The number of likely N-dealkylation sites (tertiary alicyclic amines) is 1. The van der Waals surface area contributed by atoms with Crippen molar-refractivity contribution in [1.29, 1.82) is 0 Å². The van der Waals surface area contributed by atoms with Gasteiger partial charge in [0.1, 0.15) is 0 Å². The summed E-state index contributed by atoms with van der Waals surface area (Å²) in [6, 6.07) is 6.77. The summed E-state index contributed by atoms with van der Waals surface area (Å²) < 4.78 is 20.7. The van der Waals surface area contributed by atoms with Gasteiger partial charge in [0.05, 0.1) is 26.9 Å². The lowest BCUT2D eigenvalue weighted by Gasteiger charge is -2.30. The van der Waals surface area contributed by atoms with E-state index in [9.17, 15) is 0 Å². The van der Waals surface area contributed by atoms with Gasteiger partial charge in [-0.1, -0.05) is 25.3 Å². The third-order valence-corrected chi connectivity index (χ3v) is 5.64. The van der Waals surface area contributed by atoms with Crippen LogP contribution in [0.5, 0.6) is 11.5 Å². The number of hydrogen-bond donors (Lipinski definition) is 0. The van der Waals surface area contributed by atoms with Crippen molar-refractivity contribution >= 4 is 0 Å². The minimum Gasteiger partial charge on any atom is -0.493 e. The Labute approximate surface area is 164 Å². The lowest BCUT2D eigenvalue weighted by molar-refractivity contribution is 0.0954. The first-order valence-corrected chi connectivity index (χ1v) is 10.2. The normalized spacial score (nSPS) is 20.8. The molecule has 154 valence electrons. The van der Waals surface area contributed by atoms with Crippen LogP contribution in [0.15, 0.2) is 18.2 Å². The van der Waals surface area contributed by atoms with E-state index in [1.807, 2.05) is 25.3 Å². The van der Waals surface area contributed by atoms with Gasteiger partial charge in [-0.05, 0) is 43.4 Å². The van der Waals surface area contributed by atoms with Crippen LogP contribution in [-0.2, 0) is 15.9 Å². The Kier molecular flexibility index (Phi) is 9.95. The van der Waals surface area contributed by atoms with E-state index in [2.05, 4.69) is 4.90 Å². The van der Waals surface area contributed by atoms with E-state index in [1.165, 1.54) is 57.2 Å². The predicted molar refractivity (Wildman–Crippen MR) is 109 cm³/mol. The zero-order valence-electron chi connectivity index (χ0n) is 17.5. The second-order valence-electron chi connectivity index (χ2n) is 7.37. The highest BCUT2D eigenvalue weighted by molar-refractivity contribution is 5.42. The van der Waals surface area contributed by atoms with Gasteiger partial charge in [0, 0.05) is 33.4 Å². The van der Waals surface area contributed by atoms with E-state index in [4.69, 9.17) is 18.9 Å². The molecule has 1 aromatic rings. The summed E-state index contributed by atoms with van der Waals surface area (Å²) in [5.41, 5.74) is 1.18. The van der Waals surface area contributed by atoms with Crippen molar-refractivity contribution in [3.63, 3.8) is 0 Å². The van der Waals surface area contributed by atoms with Crippen LogP contribution in [0.3, 0.4) is 0 Å². The third-order valence-electron chi connectivity index (χ3n) is 5.64. The van der Waals surface area contributed by atoms with Crippen molar-refractivity contribution in [3.05, 3.63) is 23.8 Å². The van der Waals surface area contributed by atoms with E-state index in [1.54, 1.807) is 21.3 Å². The minimum absolute atomic E-state index is 0.516.